The number of nitrogens with two attached hydrogens (primary N) is 1. The molecule has 0 aliphatic heterocycles. The fourth-order valence-corrected chi connectivity index (χ4v) is 2.77. The summed E-state index contributed by atoms with van der Waals surface area (Å²) in [6.45, 7) is -0.772. The van der Waals surface area contributed by atoms with Crippen LogP contribution in [0.4, 0.5) is 8.78 Å². The third kappa shape index (κ3) is 4.79. The van der Waals surface area contributed by atoms with Crippen molar-refractivity contribution in [1.29, 1.82) is 0 Å². The Balaban J connectivity index is 2.06. The molecule has 5 nitrogen and oxygen atoms in total. The molecule has 1 fully saturated rings. The van der Waals surface area contributed by atoms with Crippen molar-refractivity contribution < 1.29 is 23.0 Å². The van der Waals surface area contributed by atoms with Gasteiger partial charge in [0.2, 0.25) is 5.91 Å². The first-order valence-corrected chi connectivity index (χ1v) is 7.74. The fourth-order valence-electron chi connectivity index (χ4n) is 2.77. The van der Waals surface area contributed by atoms with Gasteiger partial charge in [0, 0.05) is 24.1 Å². The Morgan fingerprint density at radius 2 is 2.22 bits per heavy atom. The lowest BCUT2D eigenvalue weighted by Crippen LogP contribution is -2.30. The van der Waals surface area contributed by atoms with E-state index < -0.39 is 6.61 Å². The highest BCUT2D eigenvalue weighted by atomic mass is 19.3. The molecule has 2 unspecified atom stereocenters. The number of para-hydroxylation sites is 1. The second-order valence-electron chi connectivity index (χ2n) is 5.54. The van der Waals surface area contributed by atoms with E-state index in [0.29, 0.717) is 18.6 Å². The highest BCUT2D eigenvalue weighted by Crippen LogP contribution is 2.33. The standard InChI is InChI=1S/C16H22F2N2O3/c1-2-22-13-5-3-4-11(14(13)23-16(17)18)9-20-15(21)10-6-7-12(19)8-10/h3-5,10,12,16H,2,6-9,19H2,1H3,(H,20,21). The van der Waals surface area contributed by atoms with Crippen molar-refractivity contribution in [3.8, 4) is 11.5 Å². The molecule has 0 spiro atoms. The zero-order chi connectivity index (χ0) is 16.8. The van der Waals surface area contributed by atoms with Gasteiger partial charge in [0.25, 0.3) is 0 Å². The molecule has 2 rings (SSSR count). The highest BCUT2D eigenvalue weighted by Gasteiger charge is 2.27. The van der Waals surface area contributed by atoms with Gasteiger partial charge >= 0.3 is 6.61 Å². The van der Waals surface area contributed by atoms with Gasteiger partial charge in [-0.25, -0.2) is 0 Å². The van der Waals surface area contributed by atoms with Crippen molar-refractivity contribution in [3.63, 3.8) is 0 Å². The van der Waals surface area contributed by atoms with Crippen LogP contribution in [0.3, 0.4) is 0 Å². The number of carbonyl (C=O) groups excluding carboxylic acids is 1. The number of carbonyl (C=O) groups is 1. The van der Waals surface area contributed by atoms with Crippen molar-refractivity contribution in [2.24, 2.45) is 11.7 Å². The molecule has 0 radical (unpaired) electrons. The summed E-state index contributed by atoms with van der Waals surface area (Å²) in [5, 5.41) is 2.77. The fraction of sp³-hybridized carbons (Fsp3) is 0.562. The molecular weight excluding hydrogens is 306 g/mol. The summed E-state index contributed by atoms with van der Waals surface area (Å²) in [6.07, 6.45) is 2.25. The number of amides is 1. The topological polar surface area (TPSA) is 73.6 Å². The molecule has 1 aliphatic rings. The van der Waals surface area contributed by atoms with Crippen molar-refractivity contribution in [3.05, 3.63) is 23.8 Å². The van der Waals surface area contributed by atoms with Crippen molar-refractivity contribution in [2.75, 3.05) is 6.61 Å². The Bertz CT molecular complexity index is 540. The SMILES string of the molecule is CCOc1cccc(CNC(=O)C2CCC(N)C2)c1OC(F)F. The summed E-state index contributed by atoms with van der Waals surface area (Å²) in [4.78, 5) is 12.1. The first-order chi connectivity index (χ1) is 11.0. The van der Waals surface area contributed by atoms with Crippen LogP contribution in [-0.2, 0) is 11.3 Å². The summed E-state index contributed by atoms with van der Waals surface area (Å²) in [5.74, 6) is -0.0162. The Morgan fingerprint density at radius 1 is 1.43 bits per heavy atom. The number of halogens is 2. The normalized spacial score (nSPS) is 20.6. The molecule has 128 valence electrons. The van der Waals surface area contributed by atoms with Crippen LogP contribution in [0, 0.1) is 5.92 Å². The van der Waals surface area contributed by atoms with Crippen LogP contribution in [-0.4, -0.2) is 25.2 Å². The van der Waals surface area contributed by atoms with Crippen molar-refractivity contribution >= 4 is 5.91 Å². The molecule has 23 heavy (non-hydrogen) atoms. The Morgan fingerprint density at radius 3 is 2.83 bits per heavy atom. The van der Waals surface area contributed by atoms with Crippen molar-refractivity contribution in [2.45, 2.75) is 45.4 Å². The number of rotatable bonds is 7. The molecule has 1 aliphatic carbocycles. The summed E-state index contributed by atoms with van der Waals surface area (Å²) >= 11 is 0. The molecule has 0 saturated heterocycles. The molecule has 1 aromatic rings. The van der Waals surface area contributed by atoms with E-state index in [-0.39, 0.29) is 35.9 Å². The molecule has 0 heterocycles. The van der Waals surface area contributed by atoms with Gasteiger partial charge in [-0.1, -0.05) is 12.1 Å². The van der Waals surface area contributed by atoms with Crippen LogP contribution in [0.25, 0.3) is 0 Å². The van der Waals surface area contributed by atoms with Crippen LogP contribution >= 0.6 is 0 Å². The summed E-state index contributed by atoms with van der Waals surface area (Å²) < 4.78 is 35.1. The lowest BCUT2D eigenvalue weighted by Gasteiger charge is -2.16. The first-order valence-electron chi connectivity index (χ1n) is 7.74. The molecule has 0 bridgehead atoms. The molecule has 7 heteroatoms. The van der Waals surface area contributed by atoms with Gasteiger partial charge in [-0.05, 0) is 32.3 Å². The van der Waals surface area contributed by atoms with Gasteiger partial charge in [0.1, 0.15) is 0 Å². The van der Waals surface area contributed by atoms with E-state index in [2.05, 4.69) is 10.1 Å². The minimum absolute atomic E-state index is 0.0345. The number of alkyl halides is 2. The summed E-state index contributed by atoms with van der Waals surface area (Å²) in [5.41, 5.74) is 6.25. The molecule has 0 aromatic heterocycles. The number of ether oxygens (including phenoxy) is 2. The lowest BCUT2D eigenvalue weighted by molar-refractivity contribution is -0.125. The van der Waals surface area contributed by atoms with Crippen LogP contribution in [0.2, 0.25) is 0 Å². The van der Waals surface area contributed by atoms with Crippen LogP contribution in [0.5, 0.6) is 11.5 Å². The van der Waals surface area contributed by atoms with Gasteiger partial charge < -0.3 is 20.5 Å². The quantitative estimate of drug-likeness (QED) is 0.806. The third-order valence-electron chi connectivity index (χ3n) is 3.86. The van der Waals surface area contributed by atoms with E-state index in [9.17, 15) is 13.6 Å². The second kappa shape index (κ2) is 8.10. The van der Waals surface area contributed by atoms with Gasteiger partial charge in [0.15, 0.2) is 11.5 Å². The Labute approximate surface area is 134 Å². The zero-order valence-corrected chi connectivity index (χ0v) is 13.1. The number of hydrogen-bond acceptors (Lipinski definition) is 4. The maximum atomic E-state index is 12.6. The van der Waals surface area contributed by atoms with E-state index >= 15 is 0 Å². The Kier molecular flexibility index (Phi) is 6.15. The van der Waals surface area contributed by atoms with E-state index in [4.69, 9.17) is 10.5 Å². The van der Waals surface area contributed by atoms with Crippen LogP contribution < -0.4 is 20.5 Å². The minimum Gasteiger partial charge on any atom is -0.490 e. The zero-order valence-electron chi connectivity index (χ0n) is 13.1. The Hall–Kier alpha value is -1.89. The lowest BCUT2D eigenvalue weighted by atomic mass is 10.1. The molecule has 3 N–H and O–H groups in total. The monoisotopic (exact) mass is 328 g/mol. The van der Waals surface area contributed by atoms with E-state index in [1.807, 2.05) is 0 Å². The maximum absolute atomic E-state index is 12.6. The van der Waals surface area contributed by atoms with E-state index in [1.54, 1.807) is 25.1 Å². The second-order valence-corrected chi connectivity index (χ2v) is 5.54. The van der Waals surface area contributed by atoms with Gasteiger partial charge in [-0.15, -0.1) is 0 Å². The smallest absolute Gasteiger partial charge is 0.387 e. The number of benzene rings is 1. The number of nitrogens with one attached hydrogen (secondary N) is 1. The van der Waals surface area contributed by atoms with Crippen molar-refractivity contribution in [1.82, 2.24) is 5.32 Å². The van der Waals surface area contributed by atoms with E-state index in [1.165, 1.54) is 0 Å². The molecule has 2 atom stereocenters. The molecule has 1 saturated carbocycles. The number of hydrogen-bond donors (Lipinski definition) is 2. The average Bonchev–Trinajstić information content (AvgIpc) is 2.93. The van der Waals surface area contributed by atoms with Gasteiger partial charge in [-0.3, -0.25) is 4.79 Å². The highest BCUT2D eigenvalue weighted by molar-refractivity contribution is 5.79. The van der Waals surface area contributed by atoms with E-state index in [0.717, 1.165) is 12.8 Å². The predicted molar refractivity (Wildman–Crippen MR) is 81.4 cm³/mol. The van der Waals surface area contributed by atoms with Crippen LogP contribution in [0.1, 0.15) is 31.7 Å². The largest absolute Gasteiger partial charge is 0.490 e. The van der Waals surface area contributed by atoms with Crippen LogP contribution in [0.15, 0.2) is 18.2 Å². The summed E-state index contributed by atoms with van der Waals surface area (Å²) in [7, 11) is 0. The molecular formula is C16H22F2N2O3. The summed E-state index contributed by atoms with van der Waals surface area (Å²) in [6, 6.07) is 4.92. The molecule has 1 amide bonds. The van der Waals surface area contributed by atoms with Gasteiger partial charge in [0.05, 0.1) is 6.61 Å². The average molecular weight is 328 g/mol. The first kappa shape index (κ1) is 17.5. The molecule has 1 aromatic carbocycles. The maximum Gasteiger partial charge on any atom is 0.387 e. The minimum atomic E-state index is -2.96. The predicted octanol–water partition coefficient (Wildman–Crippen LogP) is 2.43. The third-order valence-corrected chi connectivity index (χ3v) is 3.86. The van der Waals surface area contributed by atoms with Gasteiger partial charge in [-0.2, -0.15) is 8.78 Å².